The molecule has 1 unspecified atom stereocenters. The molecule has 18 heavy (non-hydrogen) atoms. The number of nitrogens with one attached hydrogen (secondary N) is 1. The van der Waals surface area contributed by atoms with E-state index in [4.69, 9.17) is 16.3 Å². The minimum atomic E-state index is -0.272. The SMILES string of the molecule is CNCC1CN(c2cnn(C)c(=O)c2Cl)CCO1. The van der Waals surface area contributed by atoms with Crippen molar-refractivity contribution in [3.63, 3.8) is 0 Å². The van der Waals surface area contributed by atoms with Crippen molar-refractivity contribution in [1.29, 1.82) is 0 Å². The van der Waals surface area contributed by atoms with Gasteiger partial charge in [-0.1, -0.05) is 11.6 Å². The molecule has 1 saturated heterocycles. The Morgan fingerprint density at radius 2 is 2.44 bits per heavy atom. The molecule has 0 radical (unpaired) electrons. The summed E-state index contributed by atoms with van der Waals surface area (Å²) in [5.41, 5.74) is 0.412. The lowest BCUT2D eigenvalue weighted by Gasteiger charge is -2.34. The molecule has 0 aromatic carbocycles. The first-order valence-electron chi connectivity index (χ1n) is 5.86. The molecule has 0 saturated carbocycles. The summed E-state index contributed by atoms with van der Waals surface area (Å²) in [7, 11) is 3.47. The third kappa shape index (κ3) is 2.66. The topological polar surface area (TPSA) is 59.4 Å². The number of aromatic nitrogens is 2. The van der Waals surface area contributed by atoms with Crippen molar-refractivity contribution < 1.29 is 4.74 Å². The summed E-state index contributed by atoms with van der Waals surface area (Å²) in [6.07, 6.45) is 1.73. The lowest BCUT2D eigenvalue weighted by atomic mass is 10.2. The smallest absolute Gasteiger partial charge is 0.287 e. The van der Waals surface area contributed by atoms with Crippen LogP contribution in [-0.4, -0.2) is 49.2 Å². The van der Waals surface area contributed by atoms with Crippen LogP contribution in [-0.2, 0) is 11.8 Å². The number of ether oxygens (including phenoxy) is 1. The van der Waals surface area contributed by atoms with Gasteiger partial charge in [0.05, 0.1) is 24.6 Å². The number of hydrogen-bond acceptors (Lipinski definition) is 5. The average Bonchev–Trinajstić information content (AvgIpc) is 2.37. The van der Waals surface area contributed by atoms with Crippen LogP contribution < -0.4 is 15.8 Å². The van der Waals surface area contributed by atoms with Gasteiger partial charge in [-0.15, -0.1) is 0 Å². The quantitative estimate of drug-likeness (QED) is 0.830. The van der Waals surface area contributed by atoms with E-state index in [0.29, 0.717) is 18.8 Å². The van der Waals surface area contributed by atoms with Crippen LogP contribution in [0.3, 0.4) is 0 Å². The van der Waals surface area contributed by atoms with E-state index in [1.807, 2.05) is 11.9 Å². The van der Waals surface area contributed by atoms with E-state index in [1.54, 1.807) is 13.2 Å². The molecule has 1 fully saturated rings. The van der Waals surface area contributed by atoms with Gasteiger partial charge in [0, 0.05) is 26.7 Å². The minimum Gasteiger partial charge on any atom is -0.373 e. The molecule has 1 aromatic rings. The largest absolute Gasteiger partial charge is 0.373 e. The molecule has 0 bridgehead atoms. The lowest BCUT2D eigenvalue weighted by Crippen LogP contribution is -2.46. The van der Waals surface area contributed by atoms with E-state index in [0.717, 1.165) is 13.1 Å². The van der Waals surface area contributed by atoms with Gasteiger partial charge in [-0.3, -0.25) is 4.79 Å². The summed E-state index contributed by atoms with van der Waals surface area (Å²) in [5, 5.41) is 7.31. The van der Waals surface area contributed by atoms with Crippen molar-refractivity contribution in [2.45, 2.75) is 6.10 Å². The third-order valence-electron chi connectivity index (χ3n) is 2.97. The molecular formula is C11H17ClN4O2. The van der Waals surface area contributed by atoms with E-state index in [-0.39, 0.29) is 16.7 Å². The van der Waals surface area contributed by atoms with Crippen LogP contribution in [0.4, 0.5) is 5.69 Å². The second-order valence-electron chi connectivity index (χ2n) is 4.27. The maximum atomic E-state index is 11.7. The normalized spacial score (nSPS) is 20.2. The molecule has 100 valence electrons. The van der Waals surface area contributed by atoms with Crippen LogP contribution in [0.1, 0.15) is 0 Å². The van der Waals surface area contributed by atoms with E-state index < -0.39 is 0 Å². The van der Waals surface area contributed by atoms with Crippen LogP contribution in [0.5, 0.6) is 0 Å². The second kappa shape index (κ2) is 5.69. The molecule has 1 aliphatic rings. The van der Waals surface area contributed by atoms with Gasteiger partial charge in [0.2, 0.25) is 0 Å². The van der Waals surface area contributed by atoms with Crippen molar-refractivity contribution in [2.24, 2.45) is 7.05 Å². The highest BCUT2D eigenvalue weighted by molar-refractivity contribution is 6.33. The summed E-state index contributed by atoms with van der Waals surface area (Å²) in [6, 6.07) is 0. The first-order chi connectivity index (χ1) is 8.63. The van der Waals surface area contributed by atoms with Gasteiger partial charge in [-0.25, -0.2) is 4.68 Å². The third-order valence-corrected chi connectivity index (χ3v) is 3.33. The van der Waals surface area contributed by atoms with Crippen molar-refractivity contribution in [1.82, 2.24) is 15.1 Å². The summed E-state index contributed by atoms with van der Waals surface area (Å²) < 4.78 is 6.85. The highest BCUT2D eigenvalue weighted by atomic mass is 35.5. The van der Waals surface area contributed by atoms with Crippen LogP contribution in [0.15, 0.2) is 11.0 Å². The van der Waals surface area contributed by atoms with Crippen molar-refractivity contribution in [2.75, 3.05) is 38.2 Å². The fourth-order valence-electron chi connectivity index (χ4n) is 2.01. The number of aryl methyl sites for hydroxylation is 1. The summed E-state index contributed by atoms with van der Waals surface area (Å²) in [5.74, 6) is 0. The molecule has 1 aliphatic heterocycles. The predicted octanol–water partition coefficient (Wildman–Crippen LogP) is -0.142. The first-order valence-corrected chi connectivity index (χ1v) is 6.24. The number of halogens is 1. The lowest BCUT2D eigenvalue weighted by molar-refractivity contribution is 0.0421. The van der Waals surface area contributed by atoms with Gasteiger partial charge < -0.3 is 15.0 Å². The molecule has 7 heteroatoms. The Bertz CT molecular complexity index is 475. The molecule has 1 N–H and O–H groups in total. The zero-order valence-corrected chi connectivity index (χ0v) is 11.3. The van der Waals surface area contributed by atoms with E-state index in [1.165, 1.54) is 4.68 Å². The number of hydrogen-bond donors (Lipinski definition) is 1. The predicted molar refractivity (Wildman–Crippen MR) is 70.4 cm³/mol. The fraction of sp³-hybridized carbons (Fsp3) is 0.636. The molecular weight excluding hydrogens is 256 g/mol. The zero-order valence-electron chi connectivity index (χ0n) is 10.5. The Balaban J connectivity index is 2.21. The zero-order chi connectivity index (χ0) is 13.1. The molecule has 0 aliphatic carbocycles. The Kier molecular flexibility index (Phi) is 4.21. The highest BCUT2D eigenvalue weighted by Gasteiger charge is 2.23. The number of likely N-dealkylation sites (N-methyl/N-ethyl adjacent to an activating group) is 1. The molecule has 1 atom stereocenters. The molecule has 0 amide bonds. The highest BCUT2D eigenvalue weighted by Crippen LogP contribution is 2.22. The Morgan fingerprint density at radius 3 is 3.17 bits per heavy atom. The summed E-state index contributed by atoms with van der Waals surface area (Å²) in [4.78, 5) is 13.8. The van der Waals surface area contributed by atoms with Crippen LogP contribution >= 0.6 is 11.6 Å². The average molecular weight is 273 g/mol. The fourth-order valence-corrected chi connectivity index (χ4v) is 2.30. The van der Waals surface area contributed by atoms with Crippen molar-refractivity contribution in [3.05, 3.63) is 21.6 Å². The van der Waals surface area contributed by atoms with E-state index >= 15 is 0 Å². The number of rotatable bonds is 3. The monoisotopic (exact) mass is 272 g/mol. The molecule has 0 spiro atoms. The molecule has 2 rings (SSSR count). The van der Waals surface area contributed by atoms with Gasteiger partial charge in [0.25, 0.3) is 5.56 Å². The summed E-state index contributed by atoms with van der Waals surface area (Å²) in [6.45, 7) is 2.81. The Morgan fingerprint density at radius 1 is 1.67 bits per heavy atom. The van der Waals surface area contributed by atoms with Gasteiger partial charge >= 0.3 is 0 Å². The van der Waals surface area contributed by atoms with Gasteiger partial charge in [-0.2, -0.15) is 5.10 Å². The van der Waals surface area contributed by atoms with Crippen LogP contribution in [0.2, 0.25) is 5.02 Å². The van der Waals surface area contributed by atoms with E-state index in [9.17, 15) is 4.79 Å². The number of anilines is 1. The van der Waals surface area contributed by atoms with Crippen LogP contribution in [0, 0.1) is 0 Å². The van der Waals surface area contributed by atoms with Gasteiger partial charge in [0.15, 0.2) is 0 Å². The second-order valence-corrected chi connectivity index (χ2v) is 4.65. The maximum Gasteiger partial charge on any atom is 0.287 e. The summed E-state index contributed by atoms with van der Waals surface area (Å²) >= 11 is 6.09. The number of nitrogens with zero attached hydrogens (tertiary/aromatic N) is 3. The molecule has 6 nitrogen and oxygen atoms in total. The van der Waals surface area contributed by atoms with Crippen LogP contribution in [0.25, 0.3) is 0 Å². The van der Waals surface area contributed by atoms with E-state index in [2.05, 4.69) is 10.4 Å². The van der Waals surface area contributed by atoms with Gasteiger partial charge in [0.1, 0.15) is 5.02 Å². The Hall–Kier alpha value is -1.11. The maximum absolute atomic E-state index is 11.7. The van der Waals surface area contributed by atoms with Crippen molar-refractivity contribution >= 4 is 17.3 Å². The first kappa shape index (κ1) is 13.3. The minimum absolute atomic E-state index is 0.101. The number of morpholine rings is 1. The Labute approximate surface area is 110 Å². The standard InChI is InChI=1S/C11H17ClN4O2/c1-13-5-8-7-16(3-4-18-8)9-6-14-15(2)11(17)10(9)12/h6,8,13H,3-5,7H2,1-2H3. The molecule has 2 heterocycles. The van der Waals surface area contributed by atoms with Gasteiger partial charge in [-0.05, 0) is 7.05 Å². The molecule has 1 aromatic heterocycles. The van der Waals surface area contributed by atoms with Crippen molar-refractivity contribution in [3.8, 4) is 0 Å².